The Bertz CT molecular complexity index is 999. The summed E-state index contributed by atoms with van der Waals surface area (Å²) in [6.07, 6.45) is 0. The number of ether oxygens (including phenoxy) is 1. The number of halogens is 1. The van der Waals surface area contributed by atoms with Crippen molar-refractivity contribution in [2.24, 2.45) is 0 Å². The number of amides is 1. The van der Waals surface area contributed by atoms with E-state index < -0.39 is 0 Å². The molecule has 0 spiro atoms. The lowest BCUT2D eigenvalue weighted by molar-refractivity contribution is -0.114. The van der Waals surface area contributed by atoms with E-state index in [-0.39, 0.29) is 5.91 Å². The second kappa shape index (κ2) is 8.27. The third kappa shape index (κ3) is 4.33. The maximum atomic E-state index is 11.2. The molecule has 4 rings (SSSR count). The van der Waals surface area contributed by atoms with Crippen LogP contribution in [0.15, 0.2) is 48.5 Å². The number of fused-ring (bicyclic) bond motifs is 1. The van der Waals surface area contributed by atoms with E-state index in [9.17, 15) is 4.79 Å². The number of hydrogen-bond acceptors (Lipinski definition) is 4. The molecule has 3 aromatic rings. The van der Waals surface area contributed by atoms with Gasteiger partial charge in [-0.1, -0.05) is 29.8 Å². The third-order valence-corrected chi connectivity index (χ3v) is 5.09. The molecule has 1 aliphatic rings. The highest BCUT2D eigenvalue weighted by atomic mass is 35.5. The van der Waals surface area contributed by atoms with E-state index >= 15 is 0 Å². The first-order valence-corrected chi connectivity index (χ1v) is 9.73. The van der Waals surface area contributed by atoms with Crippen molar-refractivity contribution in [3.8, 4) is 11.3 Å². The number of carbonyl (C=O) groups excluding carboxylic acids is 1. The number of nitrogens with one attached hydrogen (secondary N) is 1. The van der Waals surface area contributed by atoms with Crippen molar-refractivity contribution in [2.45, 2.75) is 13.5 Å². The minimum atomic E-state index is -0.0842. The van der Waals surface area contributed by atoms with Crippen LogP contribution in [0.3, 0.4) is 0 Å². The molecule has 1 amide bonds. The van der Waals surface area contributed by atoms with Crippen LogP contribution in [0.1, 0.15) is 12.5 Å². The second-order valence-corrected chi connectivity index (χ2v) is 7.41. The number of aromatic nitrogens is 1. The van der Waals surface area contributed by atoms with Crippen molar-refractivity contribution in [1.29, 1.82) is 0 Å². The quantitative estimate of drug-likeness (QED) is 0.713. The van der Waals surface area contributed by atoms with Crippen molar-refractivity contribution >= 4 is 34.1 Å². The fourth-order valence-corrected chi connectivity index (χ4v) is 3.65. The summed E-state index contributed by atoms with van der Waals surface area (Å²) in [4.78, 5) is 18.5. The van der Waals surface area contributed by atoms with Crippen LogP contribution >= 0.6 is 11.6 Å². The van der Waals surface area contributed by atoms with E-state index in [1.807, 2.05) is 42.5 Å². The van der Waals surface area contributed by atoms with Gasteiger partial charge in [0.25, 0.3) is 0 Å². The zero-order valence-electron chi connectivity index (χ0n) is 15.7. The Morgan fingerprint density at radius 3 is 2.61 bits per heavy atom. The highest BCUT2D eigenvalue weighted by molar-refractivity contribution is 6.31. The van der Waals surface area contributed by atoms with Gasteiger partial charge in [0.1, 0.15) is 0 Å². The van der Waals surface area contributed by atoms with Gasteiger partial charge in [0.15, 0.2) is 0 Å². The van der Waals surface area contributed by atoms with Gasteiger partial charge in [-0.25, -0.2) is 4.98 Å². The normalized spacial score (nSPS) is 14.9. The highest BCUT2D eigenvalue weighted by Gasteiger charge is 2.15. The molecule has 2 aromatic carbocycles. The number of pyridine rings is 1. The number of rotatable bonds is 4. The minimum absolute atomic E-state index is 0.0842. The van der Waals surface area contributed by atoms with Gasteiger partial charge in [-0.2, -0.15) is 0 Å². The van der Waals surface area contributed by atoms with Crippen molar-refractivity contribution in [1.82, 2.24) is 9.88 Å². The smallest absolute Gasteiger partial charge is 0.221 e. The van der Waals surface area contributed by atoms with E-state index in [4.69, 9.17) is 21.3 Å². The number of nitrogens with zero attached hydrogens (tertiary/aromatic N) is 2. The molecule has 0 atom stereocenters. The molecule has 144 valence electrons. The van der Waals surface area contributed by atoms with E-state index in [1.165, 1.54) is 12.5 Å². The molecule has 1 saturated heterocycles. The molecule has 1 aromatic heterocycles. The summed E-state index contributed by atoms with van der Waals surface area (Å²) in [5.41, 5.74) is 4.78. The fraction of sp³-hybridized carbons (Fsp3) is 0.273. The van der Waals surface area contributed by atoms with Crippen molar-refractivity contribution in [3.63, 3.8) is 0 Å². The number of benzene rings is 2. The van der Waals surface area contributed by atoms with Gasteiger partial charge < -0.3 is 10.1 Å². The fourth-order valence-electron chi connectivity index (χ4n) is 3.48. The lowest BCUT2D eigenvalue weighted by Crippen LogP contribution is -2.35. The Labute approximate surface area is 169 Å². The molecule has 0 aliphatic carbocycles. The molecular weight excluding hydrogens is 374 g/mol. The Morgan fingerprint density at radius 2 is 1.89 bits per heavy atom. The highest BCUT2D eigenvalue weighted by Crippen LogP contribution is 2.28. The van der Waals surface area contributed by atoms with Crippen LogP contribution in [-0.2, 0) is 16.1 Å². The zero-order chi connectivity index (χ0) is 19.5. The molecule has 5 nitrogen and oxygen atoms in total. The number of hydrogen-bond donors (Lipinski definition) is 1. The number of anilines is 1. The van der Waals surface area contributed by atoms with Crippen LogP contribution < -0.4 is 5.32 Å². The molecule has 0 radical (unpaired) electrons. The van der Waals surface area contributed by atoms with Crippen LogP contribution in [0.5, 0.6) is 0 Å². The van der Waals surface area contributed by atoms with Gasteiger partial charge in [-0.15, -0.1) is 0 Å². The predicted octanol–water partition coefficient (Wildman–Crippen LogP) is 4.35. The summed E-state index contributed by atoms with van der Waals surface area (Å²) in [5, 5.41) is 4.59. The maximum absolute atomic E-state index is 11.2. The molecule has 1 fully saturated rings. The first-order chi connectivity index (χ1) is 13.6. The standard InChI is InChI=1S/C22H22ClN3O2/c1-15(27)24-19-5-2-16(3-6-19)21-12-17(14-26-8-10-28-11-9-26)20-7-4-18(23)13-22(20)25-21/h2-7,12-13H,8-11,14H2,1H3,(H,24,27). The van der Waals surface area contributed by atoms with Crippen molar-refractivity contribution in [3.05, 3.63) is 59.1 Å². The Kier molecular flexibility index (Phi) is 5.57. The summed E-state index contributed by atoms with van der Waals surface area (Å²) in [5.74, 6) is -0.0842. The van der Waals surface area contributed by atoms with Crippen LogP contribution in [0.25, 0.3) is 22.2 Å². The number of morpholine rings is 1. The van der Waals surface area contributed by atoms with Crippen LogP contribution in [0, 0.1) is 0 Å². The predicted molar refractivity (Wildman–Crippen MR) is 113 cm³/mol. The summed E-state index contributed by atoms with van der Waals surface area (Å²) >= 11 is 6.22. The van der Waals surface area contributed by atoms with E-state index in [1.54, 1.807) is 0 Å². The first kappa shape index (κ1) is 18.9. The molecule has 0 bridgehead atoms. The van der Waals surface area contributed by atoms with Gasteiger partial charge in [-0.3, -0.25) is 9.69 Å². The topological polar surface area (TPSA) is 54.5 Å². The third-order valence-electron chi connectivity index (χ3n) is 4.86. The van der Waals surface area contributed by atoms with Gasteiger partial charge in [0.05, 0.1) is 24.4 Å². The second-order valence-electron chi connectivity index (χ2n) is 6.98. The van der Waals surface area contributed by atoms with Crippen molar-refractivity contribution in [2.75, 3.05) is 31.6 Å². The van der Waals surface area contributed by atoms with Gasteiger partial charge >= 0.3 is 0 Å². The van der Waals surface area contributed by atoms with E-state index in [0.29, 0.717) is 5.02 Å². The van der Waals surface area contributed by atoms with Gasteiger partial charge in [-0.05, 0) is 35.9 Å². The Hall–Kier alpha value is -2.47. The maximum Gasteiger partial charge on any atom is 0.221 e. The lowest BCUT2D eigenvalue weighted by atomic mass is 10.0. The molecule has 2 heterocycles. The number of carbonyl (C=O) groups is 1. The molecular formula is C22H22ClN3O2. The van der Waals surface area contributed by atoms with Gasteiger partial charge in [0.2, 0.25) is 5.91 Å². The summed E-state index contributed by atoms with van der Waals surface area (Å²) in [7, 11) is 0. The summed E-state index contributed by atoms with van der Waals surface area (Å²) in [6.45, 7) is 5.75. The molecule has 0 unspecified atom stereocenters. The van der Waals surface area contributed by atoms with Crippen LogP contribution in [-0.4, -0.2) is 42.1 Å². The largest absolute Gasteiger partial charge is 0.379 e. The van der Waals surface area contributed by atoms with E-state index in [0.717, 1.165) is 60.7 Å². The summed E-state index contributed by atoms with van der Waals surface area (Å²) < 4.78 is 5.47. The Morgan fingerprint density at radius 1 is 1.14 bits per heavy atom. The molecule has 1 aliphatic heterocycles. The molecule has 28 heavy (non-hydrogen) atoms. The van der Waals surface area contributed by atoms with Crippen LogP contribution in [0.2, 0.25) is 5.02 Å². The Balaban J connectivity index is 1.72. The van der Waals surface area contributed by atoms with Crippen molar-refractivity contribution < 1.29 is 9.53 Å². The first-order valence-electron chi connectivity index (χ1n) is 9.36. The monoisotopic (exact) mass is 395 g/mol. The summed E-state index contributed by atoms with van der Waals surface area (Å²) in [6, 6.07) is 15.8. The average molecular weight is 396 g/mol. The van der Waals surface area contributed by atoms with Gasteiger partial charge in [0, 0.05) is 48.2 Å². The lowest BCUT2D eigenvalue weighted by Gasteiger charge is -2.27. The average Bonchev–Trinajstić information content (AvgIpc) is 2.68. The molecule has 0 saturated carbocycles. The zero-order valence-corrected chi connectivity index (χ0v) is 16.5. The molecule has 1 N–H and O–H groups in total. The van der Waals surface area contributed by atoms with E-state index in [2.05, 4.69) is 16.3 Å². The SMILES string of the molecule is CC(=O)Nc1ccc(-c2cc(CN3CCOCC3)c3ccc(Cl)cc3n2)cc1. The minimum Gasteiger partial charge on any atom is -0.379 e. The molecule has 6 heteroatoms. The van der Waals surface area contributed by atoms with Crippen LogP contribution in [0.4, 0.5) is 5.69 Å².